The highest BCUT2D eigenvalue weighted by atomic mass is 35.5. The Morgan fingerprint density at radius 1 is 1.26 bits per heavy atom. The van der Waals surface area contributed by atoms with E-state index in [-0.39, 0.29) is 24.4 Å². The van der Waals surface area contributed by atoms with Crippen molar-refractivity contribution in [2.45, 2.75) is 24.5 Å². The molecule has 2 heterocycles. The van der Waals surface area contributed by atoms with Crippen molar-refractivity contribution >= 4 is 29.9 Å². The lowest BCUT2D eigenvalue weighted by Crippen LogP contribution is -2.60. The Kier molecular flexibility index (Phi) is 6.28. The van der Waals surface area contributed by atoms with Crippen molar-refractivity contribution < 1.29 is 14.3 Å². The first kappa shape index (κ1) is 18.5. The largest absolute Gasteiger partial charge is 0.381 e. The monoisotopic (exact) mass is 360 g/mol. The smallest absolute Gasteiger partial charge is 0.243 e. The van der Waals surface area contributed by atoms with Crippen LogP contribution in [0.4, 0.5) is 0 Å². The summed E-state index contributed by atoms with van der Waals surface area (Å²) in [4.78, 5) is 14.6. The fourth-order valence-corrected chi connectivity index (χ4v) is 3.28. The first-order valence-corrected chi connectivity index (χ1v) is 8.00. The predicted octanol–water partition coefficient (Wildman–Crippen LogP) is 2.17. The van der Waals surface area contributed by atoms with Crippen LogP contribution in [0.15, 0.2) is 24.3 Å². The molecule has 128 valence electrons. The molecule has 0 aliphatic carbocycles. The number of ether oxygens (including phenoxy) is 2. The zero-order valence-corrected chi connectivity index (χ0v) is 14.4. The van der Waals surface area contributed by atoms with Crippen LogP contribution in [0.5, 0.6) is 0 Å². The highest BCUT2D eigenvalue weighted by Crippen LogP contribution is 2.30. The molecule has 0 bridgehead atoms. The summed E-state index contributed by atoms with van der Waals surface area (Å²) in [5.74, 6) is -0.00356. The van der Waals surface area contributed by atoms with Gasteiger partial charge in [0.2, 0.25) is 5.91 Å². The van der Waals surface area contributed by atoms with Crippen LogP contribution >= 0.6 is 24.0 Å². The van der Waals surface area contributed by atoms with Crippen LogP contribution < -0.4 is 5.73 Å². The molecule has 2 aliphatic heterocycles. The highest BCUT2D eigenvalue weighted by Gasteiger charge is 2.40. The Morgan fingerprint density at radius 3 is 2.65 bits per heavy atom. The van der Waals surface area contributed by atoms with Crippen LogP contribution in [0, 0.1) is 0 Å². The Hall–Kier alpha value is -0.850. The van der Waals surface area contributed by atoms with E-state index in [9.17, 15) is 4.79 Å². The summed E-state index contributed by atoms with van der Waals surface area (Å²) in [5, 5.41) is 0.662. The molecule has 2 aliphatic rings. The van der Waals surface area contributed by atoms with Crippen LogP contribution in [0.3, 0.4) is 0 Å². The minimum atomic E-state index is -0.805. The van der Waals surface area contributed by atoms with Gasteiger partial charge >= 0.3 is 0 Å². The van der Waals surface area contributed by atoms with Gasteiger partial charge in [-0.05, 0) is 18.9 Å². The Labute approximate surface area is 147 Å². The summed E-state index contributed by atoms with van der Waals surface area (Å²) < 4.78 is 11.1. The van der Waals surface area contributed by atoms with E-state index in [2.05, 4.69) is 0 Å². The van der Waals surface area contributed by atoms with E-state index >= 15 is 0 Å². The van der Waals surface area contributed by atoms with Gasteiger partial charge in [0, 0.05) is 30.3 Å². The van der Waals surface area contributed by atoms with Crippen LogP contribution in [0.1, 0.15) is 24.5 Å². The summed E-state index contributed by atoms with van der Waals surface area (Å²) in [6.07, 6.45) is 0.940. The molecule has 0 spiro atoms. The number of benzene rings is 1. The van der Waals surface area contributed by atoms with Gasteiger partial charge in [-0.25, -0.2) is 0 Å². The zero-order chi connectivity index (χ0) is 15.6. The number of carbonyl (C=O) groups excluding carboxylic acids is 1. The van der Waals surface area contributed by atoms with Gasteiger partial charge in [0.1, 0.15) is 6.10 Å². The average molecular weight is 361 g/mol. The fraction of sp³-hybridized carbons (Fsp3) is 0.562. The third-order valence-corrected chi connectivity index (χ3v) is 4.76. The second-order valence-electron chi connectivity index (χ2n) is 5.90. The number of morpholine rings is 1. The number of hydrogen-bond donors (Lipinski definition) is 1. The molecule has 3 rings (SSSR count). The van der Waals surface area contributed by atoms with Crippen molar-refractivity contribution in [2.24, 2.45) is 5.73 Å². The van der Waals surface area contributed by atoms with E-state index in [0.717, 1.165) is 5.56 Å². The molecular weight excluding hydrogens is 339 g/mol. The van der Waals surface area contributed by atoms with E-state index in [0.29, 0.717) is 50.8 Å². The average Bonchev–Trinajstić information content (AvgIpc) is 2.55. The van der Waals surface area contributed by atoms with E-state index < -0.39 is 5.54 Å². The summed E-state index contributed by atoms with van der Waals surface area (Å²) >= 11 is 6.24. The van der Waals surface area contributed by atoms with Gasteiger partial charge in [-0.2, -0.15) is 0 Å². The molecule has 23 heavy (non-hydrogen) atoms. The second kappa shape index (κ2) is 7.81. The van der Waals surface area contributed by atoms with Crippen molar-refractivity contribution in [1.82, 2.24) is 4.90 Å². The van der Waals surface area contributed by atoms with Crippen LogP contribution in [0.25, 0.3) is 0 Å². The first-order valence-electron chi connectivity index (χ1n) is 7.62. The Balaban J connectivity index is 0.00000192. The quantitative estimate of drug-likeness (QED) is 0.877. The van der Waals surface area contributed by atoms with Crippen LogP contribution in [-0.2, 0) is 14.3 Å². The molecule has 7 heteroatoms. The predicted molar refractivity (Wildman–Crippen MR) is 90.9 cm³/mol. The molecule has 2 N–H and O–H groups in total. The number of carbonyl (C=O) groups is 1. The third kappa shape index (κ3) is 3.98. The maximum absolute atomic E-state index is 12.8. The number of nitrogens with zero attached hydrogens (tertiary/aromatic N) is 1. The second-order valence-corrected chi connectivity index (χ2v) is 6.31. The molecule has 1 atom stereocenters. The topological polar surface area (TPSA) is 64.8 Å². The minimum Gasteiger partial charge on any atom is -0.381 e. The van der Waals surface area contributed by atoms with E-state index in [4.69, 9.17) is 26.8 Å². The number of amides is 1. The van der Waals surface area contributed by atoms with E-state index in [1.807, 2.05) is 29.2 Å². The van der Waals surface area contributed by atoms with E-state index in [1.54, 1.807) is 0 Å². The summed E-state index contributed by atoms with van der Waals surface area (Å²) in [5.41, 5.74) is 6.42. The van der Waals surface area contributed by atoms with Gasteiger partial charge in [0.15, 0.2) is 0 Å². The molecule has 5 nitrogen and oxygen atoms in total. The Morgan fingerprint density at radius 2 is 1.96 bits per heavy atom. The molecule has 1 aromatic carbocycles. The molecular formula is C16H22Cl2N2O3. The van der Waals surface area contributed by atoms with Crippen molar-refractivity contribution in [3.05, 3.63) is 34.9 Å². The molecule has 1 aromatic rings. The van der Waals surface area contributed by atoms with E-state index in [1.165, 1.54) is 0 Å². The van der Waals surface area contributed by atoms with Gasteiger partial charge in [0.05, 0.1) is 18.7 Å². The van der Waals surface area contributed by atoms with Crippen LogP contribution in [0.2, 0.25) is 5.02 Å². The normalized spacial score (nSPS) is 23.9. The molecule has 1 amide bonds. The maximum Gasteiger partial charge on any atom is 0.243 e. The number of hydrogen-bond acceptors (Lipinski definition) is 4. The summed E-state index contributed by atoms with van der Waals surface area (Å²) in [7, 11) is 0. The molecule has 0 saturated carbocycles. The molecule has 0 aromatic heterocycles. The SMILES string of the molecule is Cl.NC1(C(=O)N2CCOC(c3ccccc3Cl)C2)CCOCC1. The maximum atomic E-state index is 12.8. The fourth-order valence-electron chi connectivity index (χ4n) is 3.02. The third-order valence-electron chi connectivity index (χ3n) is 4.42. The van der Waals surface area contributed by atoms with Gasteiger partial charge in [-0.15, -0.1) is 12.4 Å². The number of nitrogens with two attached hydrogens (primary N) is 1. The zero-order valence-electron chi connectivity index (χ0n) is 12.9. The molecule has 1 unspecified atom stereocenters. The summed E-state index contributed by atoms with van der Waals surface area (Å²) in [6, 6.07) is 7.58. The number of halogens is 2. The lowest BCUT2D eigenvalue weighted by atomic mass is 9.89. The van der Waals surface area contributed by atoms with Gasteiger partial charge in [-0.3, -0.25) is 4.79 Å². The van der Waals surface area contributed by atoms with Gasteiger partial charge in [0.25, 0.3) is 0 Å². The Bertz CT molecular complexity index is 550. The standard InChI is InChI=1S/C16H21ClN2O3.ClH/c17-13-4-2-1-3-12(13)14-11-19(7-10-22-14)15(20)16(18)5-8-21-9-6-16;/h1-4,14H,5-11,18H2;1H. The van der Waals surface area contributed by atoms with Gasteiger partial charge in [-0.1, -0.05) is 29.8 Å². The van der Waals surface area contributed by atoms with Crippen molar-refractivity contribution in [1.29, 1.82) is 0 Å². The lowest BCUT2D eigenvalue weighted by Gasteiger charge is -2.40. The summed E-state index contributed by atoms with van der Waals surface area (Å²) in [6.45, 7) is 2.64. The van der Waals surface area contributed by atoms with Crippen molar-refractivity contribution in [3.63, 3.8) is 0 Å². The van der Waals surface area contributed by atoms with Crippen molar-refractivity contribution in [3.8, 4) is 0 Å². The molecule has 2 saturated heterocycles. The molecule has 2 fully saturated rings. The molecule has 0 radical (unpaired) electrons. The first-order chi connectivity index (χ1) is 10.6. The highest BCUT2D eigenvalue weighted by molar-refractivity contribution is 6.31. The van der Waals surface area contributed by atoms with Crippen LogP contribution in [-0.4, -0.2) is 49.3 Å². The van der Waals surface area contributed by atoms with Crippen molar-refractivity contribution in [2.75, 3.05) is 32.9 Å². The minimum absolute atomic E-state index is 0. The number of rotatable bonds is 2. The van der Waals surface area contributed by atoms with Gasteiger partial charge < -0.3 is 20.1 Å². The lowest BCUT2D eigenvalue weighted by molar-refractivity contribution is -0.148.